The van der Waals surface area contributed by atoms with E-state index >= 15 is 0 Å². The summed E-state index contributed by atoms with van der Waals surface area (Å²) in [6, 6.07) is 8.29. The highest BCUT2D eigenvalue weighted by Gasteiger charge is 2.15. The van der Waals surface area contributed by atoms with Gasteiger partial charge in [0.25, 0.3) is 0 Å². The Morgan fingerprint density at radius 2 is 2.05 bits per heavy atom. The van der Waals surface area contributed by atoms with Crippen LogP contribution >= 0.6 is 0 Å². The largest absolute Gasteiger partial charge is 0.493 e. The first-order valence-electron chi connectivity index (χ1n) is 7.35. The Morgan fingerprint density at radius 3 is 2.84 bits per heavy atom. The zero-order chi connectivity index (χ0) is 13.5. The highest BCUT2D eigenvalue weighted by Crippen LogP contribution is 2.22. The van der Waals surface area contributed by atoms with Gasteiger partial charge in [-0.1, -0.05) is 38.5 Å². The van der Waals surface area contributed by atoms with Crippen molar-refractivity contribution in [2.24, 2.45) is 5.10 Å². The molecule has 0 saturated heterocycles. The van der Waals surface area contributed by atoms with E-state index in [0.717, 1.165) is 44.7 Å². The van der Waals surface area contributed by atoms with Crippen LogP contribution in [0, 0.1) is 0 Å². The summed E-state index contributed by atoms with van der Waals surface area (Å²) in [5, 5.41) is 6.85. The molecule has 2 rings (SSSR count). The lowest BCUT2D eigenvalue weighted by Crippen LogP contribution is -2.14. The maximum atomic E-state index is 5.80. The molecule has 0 N–H and O–H groups in total. The molecule has 3 nitrogen and oxygen atoms in total. The molecule has 19 heavy (non-hydrogen) atoms. The molecule has 0 fully saturated rings. The van der Waals surface area contributed by atoms with Crippen molar-refractivity contribution in [3.63, 3.8) is 0 Å². The van der Waals surface area contributed by atoms with E-state index in [1.807, 2.05) is 6.07 Å². The molecule has 104 valence electrons. The molecule has 0 spiro atoms. The third-order valence-electron chi connectivity index (χ3n) is 3.27. The SMILES string of the molecule is CCCOc1ccccc1CN1CCC(CCC)=N1. The Kier molecular flexibility index (Phi) is 5.25. The first-order valence-corrected chi connectivity index (χ1v) is 7.35. The number of nitrogens with zero attached hydrogens (tertiary/aromatic N) is 2. The molecular weight excluding hydrogens is 236 g/mol. The van der Waals surface area contributed by atoms with E-state index in [2.05, 4.69) is 42.2 Å². The van der Waals surface area contributed by atoms with Crippen molar-refractivity contribution in [2.45, 2.75) is 46.1 Å². The number of hydrogen-bond acceptors (Lipinski definition) is 3. The first-order chi connectivity index (χ1) is 9.33. The first kappa shape index (κ1) is 13.9. The van der Waals surface area contributed by atoms with E-state index in [1.165, 1.54) is 17.7 Å². The summed E-state index contributed by atoms with van der Waals surface area (Å²) < 4.78 is 5.80. The van der Waals surface area contributed by atoms with Crippen LogP contribution in [0.2, 0.25) is 0 Å². The minimum atomic E-state index is 0.779. The third kappa shape index (κ3) is 3.98. The average molecular weight is 260 g/mol. The van der Waals surface area contributed by atoms with Crippen LogP contribution in [0.4, 0.5) is 0 Å². The summed E-state index contributed by atoms with van der Waals surface area (Å²) in [5.41, 5.74) is 2.58. The molecule has 1 heterocycles. The molecule has 1 aromatic carbocycles. The second kappa shape index (κ2) is 7.17. The number of ether oxygens (including phenoxy) is 1. The molecule has 0 amide bonds. The molecular formula is C16H24N2O. The van der Waals surface area contributed by atoms with Crippen LogP contribution in [0.15, 0.2) is 29.4 Å². The van der Waals surface area contributed by atoms with Crippen molar-refractivity contribution >= 4 is 5.71 Å². The van der Waals surface area contributed by atoms with Crippen LogP contribution in [0.3, 0.4) is 0 Å². The zero-order valence-corrected chi connectivity index (χ0v) is 12.1. The topological polar surface area (TPSA) is 24.8 Å². The summed E-state index contributed by atoms with van der Waals surface area (Å²) >= 11 is 0. The van der Waals surface area contributed by atoms with Crippen molar-refractivity contribution in [2.75, 3.05) is 13.2 Å². The molecule has 1 aliphatic heterocycles. The van der Waals surface area contributed by atoms with Crippen molar-refractivity contribution in [3.8, 4) is 5.75 Å². The van der Waals surface area contributed by atoms with Gasteiger partial charge in [0.05, 0.1) is 13.2 Å². The van der Waals surface area contributed by atoms with E-state index in [0.29, 0.717) is 0 Å². The number of hydrazone groups is 1. The van der Waals surface area contributed by atoms with Crippen molar-refractivity contribution in [3.05, 3.63) is 29.8 Å². The lowest BCUT2D eigenvalue weighted by Gasteiger charge is -2.16. The monoisotopic (exact) mass is 260 g/mol. The smallest absolute Gasteiger partial charge is 0.124 e. The van der Waals surface area contributed by atoms with Crippen molar-refractivity contribution in [1.29, 1.82) is 0 Å². The molecule has 0 bridgehead atoms. The predicted octanol–water partition coefficient (Wildman–Crippen LogP) is 3.84. The Bertz CT molecular complexity index is 429. The van der Waals surface area contributed by atoms with Crippen LogP contribution in [-0.2, 0) is 6.54 Å². The maximum Gasteiger partial charge on any atom is 0.124 e. The van der Waals surface area contributed by atoms with Gasteiger partial charge in [0.15, 0.2) is 0 Å². The lowest BCUT2D eigenvalue weighted by molar-refractivity contribution is 0.284. The van der Waals surface area contributed by atoms with Gasteiger partial charge in [-0.25, -0.2) is 0 Å². The number of benzene rings is 1. The van der Waals surface area contributed by atoms with E-state index in [1.54, 1.807) is 0 Å². The van der Waals surface area contributed by atoms with Crippen LogP contribution in [0.25, 0.3) is 0 Å². The molecule has 3 heteroatoms. The Labute approximate surface area is 116 Å². The summed E-state index contributed by atoms with van der Waals surface area (Å²) in [7, 11) is 0. The minimum absolute atomic E-state index is 0.779. The fourth-order valence-corrected chi connectivity index (χ4v) is 2.32. The predicted molar refractivity (Wildman–Crippen MR) is 79.6 cm³/mol. The highest BCUT2D eigenvalue weighted by atomic mass is 16.5. The fourth-order valence-electron chi connectivity index (χ4n) is 2.32. The van der Waals surface area contributed by atoms with Gasteiger partial charge in [-0.2, -0.15) is 5.10 Å². The Balaban J connectivity index is 1.99. The van der Waals surface area contributed by atoms with Gasteiger partial charge in [0.2, 0.25) is 0 Å². The normalized spacial score (nSPS) is 14.6. The minimum Gasteiger partial charge on any atom is -0.493 e. The summed E-state index contributed by atoms with van der Waals surface area (Å²) in [6.45, 7) is 7.01. The molecule has 1 aromatic rings. The van der Waals surface area contributed by atoms with Gasteiger partial charge in [-0.15, -0.1) is 0 Å². The van der Waals surface area contributed by atoms with Crippen LogP contribution < -0.4 is 4.74 Å². The molecule has 0 saturated carbocycles. The van der Waals surface area contributed by atoms with E-state index < -0.39 is 0 Å². The molecule has 0 atom stereocenters. The third-order valence-corrected chi connectivity index (χ3v) is 3.27. The Morgan fingerprint density at radius 1 is 1.21 bits per heavy atom. The van der Waals surface area contributed by atoms with Gasteiger partial charge < -0.3 is 4.74 Å². The van der Waals surface area contributed by atoms with Gasteiger partial charge >= 0.3 is 0 Å². The summed E-state index contributed by atoms with van der Waals surface area (Å²) in [4.78, 5) is 0. The second-order valence-corrected chi connectivity index (χ2v) is 5.01. The van der Waals surface area contributed by atoms with E-state index in [-0.39, 0.29) is 0 Å². The molecule has 0 aliphatic carbocycles. The molecule has 0 aromatic heterocycles. The fraction of sp³-hybridized carbons (Fsp3) is 0.562. The maximum absolute atomic E-state index is 5.80. The van der Waals surface area contributed by atoms with Crippen LogP contribution in [0.1, 0.15) is 45.1 Å². The number of rotatable bonds is 7. The molecule has 1 aliphatic rings. The van der Waals surface area contributed by atoms with Crippen molar-refractivity contribution in [1.82, 2.24) is 5.01 Å². The van der Waals surface area contributed by atoms with E-state index in [4.69, 9.17) is 4.74 Å². The average Bonchev–Trinajstić information content (AvgIpc) is 2.86. The van der Waals surface area contributed by atoms with Crippen LogP contribution in [0.5, 0.6) is 5.75 Å². The van der Waals surface area contributed by atoms with E-state index in [9.17, 15) is 0 Å². The summed E-state index contributed by atoms with van der Waals surface area (Å²) in [6.07, 6.45) is 4.47. The van der Waals surface area contributed by atoms with Gasteiger partial charge in [-0.05, 0) is 18.9 Å². The van der Waals surface area contributed by atoms with Gasteiger partial charge in [0, 0.05) is 24.2 Å². The molecule has 0 unspecified atom stereocenters. The van der Waals surface area contributed by atoms with Crippen LogP contribution in [-0.4, -0.2) is 23.9 Å². The number of para-hydroxylation sites is 1. The quantitative estimate of drug-likeness (QED) is 0.744. The standard InChI is InChI=1S/C16H24N2O/c1-3-7-15-10-11-18(17-15)13-14-8-5-6-9-16(14)19-12-4-2/h5-6,8-9H,3-4,7,10-13H2,1-2H3. The number of hydrogen-bond donors (Lipinski definition) is 0. The summed E-state index contributed by atoms with van der Waals surface area (Å²) in [5.74, 6) is 1.00. The lowest BCUT2D eigenvalue weighted by atomic mass is 10.2. The second-order valence-electron chi connectivity index (χ2n) is 5.01. The van der Waals surface area contributed by atoms with Gasteiger partial charge in [0.1, 0.15) is 5.75 Å². The van der Waals surface area contributed by atoms with Gasteiger partial charge in [-0.3, -0.25) is 5.01 Å². The van der Waals surface area contributed by atoms with Crippen molar-refractivity contribution < 1.29 is 4.74 Å². The molecule has 0 radical (unpaired) electrons. The highest BCUT2D eigenvalue weighted by molar-refractivity contribution is 5.85. The zero-order valence-electron chi connectivity index (χ0n) is 12.1. The Hall–Kier alpha value is -1.51.